The average molecular weight is 183 g/mol. The first-order valence-corrected chi connectivity index (χ1v) is 4.55. The van der Waals surface area contributed by atoms with Crippen LogP contribution in [-0.4, -0.2) is 5.71 Å². The third kappa shape index (κ3) is 4.61. The van der Waals surface area contributed by atoms with E-state index in [1.54, 1.807) is 13.8 Å². The normalized spacial score (nSPS) is 14.1. The third-order valence-corrected chi connectivity index (χ3v) is 1.66. The molecule has 0 aromatic rings. The highest BCUT2D eigenvalue weighted by Gasteiger charge is 2.00. The molecule has 0 fully saturated rings. The van der Waals surface area contributed by atoms with Crippen molar-refractivity contribution in [2.75, 3.05) is 0 Å². The topological polar surface area (TPSA) is 12.4 Å². The van der Waals surface area contributed by atoms with Crippen LogP contribution in [0.3, 0.4) is 0 Å². The highest BCUT2D eigenvalue weighted by molar-refractivity contribution is 5.82. The fourth-order valence-electron chi connectivity index (χ4n) is 1.06. The van der Waals surface area contributed by atoms with Gasteiger partial charge in [-0.3, -0.25) is 4.99 Å². The van der Waals surface area contributed by atoms with Crippen molar-refractivity contribution in [2.24, 2.45) is 4.99 Å². The second kappa shape index (κ2) is 5.68. The Labute approximate surface area is 80.1 Å². The number of nitrogens with zero attached hydrogens (tertiary/aromatic N) is 1. The quantitative estimate of drug-likeness (QED) is 0.461. The Morgan fingerprint density at radius 2 is 1.85 bits per heavy atom. The van der Waals surface area contributed by atoms with Crippen LogP contribution >= 0.6 is 0 Å². The minimum Gasteiger partial charge on any atom is -0.260 e. The van der Waals surface area contributed by atoms with Crippen LogP contribution in [-0.2, 0) is 0 Å². The van der Waals surface area contributed by atoms with Crippen LogP contribution in [0, 0.1) is 0 Å². The fourth-order valence-corrected chi connectivity index (χ4v) is 1.06. The monoisotopic (exact) mass is 183 g/mol. The molecule has 0 unspecified atom stereocenters. The lowest BCUT2D eigenvalue weighted by molar-refractivity contribution is 0.638. The van der Waals surface area contributed by atoms with Crippen molar-refractivity contribution >= 4 is 5.71 Å². The Morgan fingerprint density at radius 3 is 2.23 bits per heavy atom. The van der Waals surface area contributed by atoms with Crippen LogP contribution in [0.1, 0.15) is 40.5 Å². The molecule has 0 amide bonds. The van der Waals surface area contributed by atoms with Crippen LogP contribution in [0.15, 0.2) is 28.7 Å². The Hall–Kier alpha value is -0.920. The van der Waals surface area contributed by atoms with Gasteiger partial charge < -0.3 is 0 Å². The van der Waals surface area contributed by atoms with E-state index in [-0.39, 0.29) is 5.83 Å². The van der Waals surface area contributed by atoms with Gasteiger partial charge in [0.15, 0.2) is 0 Å². The summed E-state index contributed by atoms with van der Waals surface area (Å²) >= 11 is 0. The molecule has 0 aromatic carbocycles. The van der Waals surface area contributed by atoms with Gasteiger partial charge in [0, 0.05) is 5.71 Å². The molecule has 0 saturated heterocycles. The van der Waals surface area contributed by atoms with E-state index in [0.29, 0.717) is 11.3 Å². The molecule has 0 aliphatic carbocycles. The molecule has 0 heterocycles. The van der Waals surface area contributed by atoms with Crippen molar-refractivity contribution in [1.29, 1.82) is 0 Å². The molecule has 0 atom stereocenters. The van der Waals surface area contributed by atoms with Crippen molar-refractivity contribution < 1.29 is 4.39 Å². The van der Waals surface area contributed by atoms with Crippen molar-refractivity contribution in [3.8, 4) is 0 Å². The molecule has 0 N–H and O–H groups in total. The van der Waals surface area contributed by atoms with Gasteiger partial charge in [0.1, 0.15) is 5.83 Å². The van der Waals surface area contributed by atoms with Crippen molar-refractivity contribution in [1.82, 2.24) is 0 Å². The van der Waals surface area contributed by atoms with Gasteiger partial charge >= 0.3 is 0 Å². The minimum absolute atomic E-state index is 0.296. The Bertz CT molecular complexity index is 249. The first-order chi connectivity index (χ1) is 5.99. The number of hydrogen-bond donors (Lipinski definition) is 0. The van der Waals surface area contributed by atoms with Crippen LogP contribution in [0.4, 0.5) is 4.39 Å². The molecule has 0 aliphatic rings. The molecule has 2 heteroatoms. The van der Waals surface area contributed by atoms with Gasteiger partial charge in [0.05, 0.1) is 5.70 Å². The molecule has 0 radical (unpaired) electrons. The molecule has 0 bridgehead atoms. The number of hydrogen-bond acceptors (Lipinski definition) is 1. The lowest BCUT2D eigenvalue weighted by Crippen LogP contribution is -1.91. The molecule has 0 spiro atoms. The Morgan fingerprint density at radius 1 is 1.31 bits per heavy atom. The van der Waals surface area contributed by atoms with E-state index in [1.807, 2.05) is 6.92 Å². The highest BCUT2D eigenvalue weighted by Crippen LogP contribution is 2.15. The predicted molar refractivity (Wildman–Crippen MR) is 56.6 cm³/mol. The summed E-state index contributed by atoms with van der Waals surface area (Å²) in [6.07, 6.45) is 1.96. The first-order valence-electron chi connectivity index (χ1n) is 4.55. The predicted octanol–water partition coefficient (Wildman–Crippen LogP) is 4.02. The lowest BCUT2D eigenvalue weighted by atomic mass is 10.2. The fraction of sp³-hybridized carbons (Fsp3) is 0.545. The van der Waals surface area contributed by atoms with Crippen LogP contribution in [0.5, 0.6) is 0 Å². The van der Waals surface area contributed by atoms with E-state index in [4.69, 9.17) is 0 Å². The summed E-state index contributed by atoms with van der Waals surface area (Å²) in [5.74, 6) is -0.296. The zero-order valence-electron chi connectivity index (χ0n) is 8.95. The van der Waals surface area contributed by atoms with E-state index in [9.17, 15) is 4.39 Å². The first kappa shape index (κ1) is 12.1. The largest absolute Gasteiger partial charge is 0.260 e. The molecular formula is C11H18FN. The second-order valence-electron chi connectivity index (χ2n) is 3.28. The Kier molecular flexibility index (Phi) is 5.28. The summed E-state index contributed by atoms with van der Waals surface area (Å²) in [5.41, 5.74) is 1.83. The molecule has 13 heavy (non-hydrogen) atoms. The minimum atomic E-state index is -0.296. The van der Waals surface area contributed by atoms with Crippen LogP contribution in [0.2, 0.25) is 0 Å². The standard InChI is InChI=1S/C11H18FN/c1-6-7-9(4)13-10(5)11(12)8(2)3/h2,6-7H2,1,3-5H3/b11-10+,13-9?. The highest BCUT2D eigenvalue weighted by atomic mass is 19.1. The molecular weight excluding hydrogens is 165 g/mol. The van der Waals surface area contributed by atoms with Crippen molar-refractivity contribution in [3.05, 3.63) is 23.7 Å². The van der Waals surface area contributed by atoms with Gasteiger partial charge in [0.2, 0.25) is 0 Å². The molecule has 1 nitrogen and oxygen atoms in total. The number of rotatable bonds is 4. The van der Waals surface area contributed by atoms with Crippen molar-refractivity contribution in [2.45, 2.75) is 40.5 Å². The smallest absolute Gasteiger partial charge is 0.146 e. The summed E-state index contributed by atoms with van der Waals surface area (Å²) in [6, 6.07) is 0. The summed E-state index contributed by atoms with van der Waals surface area (Å²) < 4.78 is 13.2. The van der Waals surface area contributed by atoms with E-state index in [2.05, 4.69) is 18.5 Å². The maximum absolute atomic E-state index is 13.2. The second-order valence-corrected chi connectivity index (χ2v) is 3.28. The summed E-state index contributed by atoms with van der Waals surface area (Å²) in [6.45, 7) is 10.8. The Balaban J connectivity index is 4.60. The van der Waals surface area contributed by atoms with Gasteiger partial charge in [0.25, 0.3) is 0 Å². The van der Waals surface area contributed by atoms with Gasteiger partial charge in [-0.1, -0.05) is 19.9 Å². The van der Waals surface area contributed by atoms with E-state index >= 15 is 0 Å². The molecule has 0 saturated carbocycles. The summed E-state index contributed by atoms with van der Waals surface area (Å²) in [5, 5.41) is 0. The van der Waals surface area contributed by atoms with Gasteiger partial charge in [-0.2, -0.15) is 0 Å². The number of allylic oxidation sites excluding steroid dienone is 3. The van der Waals surface area contributed by atoms with Crippen LogP contribution < -0.4 is 0 Å². The maximum Gasteiger partial charge on any atom is 0.146 e. The maximum atomic E-state index is 13.2. The van der Waals surface area contributed by atoms with E-state index < -0.39 is 0 Å². The lowest BCUT2D eigenvalue weighted by Gasteiger charge is -2.00. The molecule has 0 aliphatic heterocycles. The zero-order chi connectivity index (χ0) is 10.4. The van der Waals surface area contributed by atoms with Gasteiger partial charge in [-0.05, 0) is 32.8 Å². The van der Waals surface area contributed by atoms with E-state index in [1.165, 1.54) is 0 Å². The molecule has 0 rings (SSSR count). The summed E-state index contributed by atoms with van der Waals surface area (Å²) in [7, 11) is 0. The third-order valence-electron chi connectivity index (χ3n) is 1.66. The van der Waals surface area contributed by atoms with Gasteiger partial charge in [-0.15, -0.1) is 0 Å². The van der Waals surface area contributed by atoms with Crippen molar-refractivity contribution in [3.63, 3.8) is 0 Å². The average Bonchev–Trinajstić information content (AvgIpc) is 2.03. The van der Waals surface area contributed by atoms with E-state index in [0.717, 1.165) is 18.6 Å². The molecule has 0 aromatic heterocycles. The number of halogens is 1. The SMILES string of the molecule is C=C(C)/C(F)=C(/C)N=C(C)CCC. The number of aliphatic imine (C=N–C) groups is 1. The zero-order valence-corrected chi connectivity index (χ0v) is 8.95. The molecule has 74 valence electrons. The summed E-state index contributed by atoms with van der Waals surface area (Å²) in [4.78, 5) is 4.15. The van der Waals surface area contributed by atoms with Gasteiger partial charge in [-0.25, -0.2) is 4.39 Å². The van der Waals surface area contributed by atoms with Crippen LogP contribution in [0.25, 0.3) is 0 Å².